The summed E-state index contributed by atoms with van der Waals surface area (Å²) in [5.74, 6) is 0.321. The largest absolute Gasteiger partial charge is 0.339 e. The van der Waals surface area contributed by atoms with E-state index in [4.69, 9.17) is 5.73 Å². The second kappa shape index (κ2) is 5.60. The lowest BCUT2D eigenvalue weighted by Gasteiger charge is -2.40. The lowest BCUT2D eigenvalue weighted by Crippen LogP contribution is -2.52. The average molecular weight is 252 g/mol. The van der Waals surface area contributed by atoms with Crippen molar-refractivity contribution in [2.24, 2.45) is 11.1 Å². The number of nitrogens with two attached hydrogens (primary N) is 1. The fourth-order valence-electron chi connectivity index (χ4n) is 3.75. The van der Waals surface area contributed by atoms with E-state index in [1.807, 2.05) is 0 Å². The first kappa shape index (κ1) is 13.9. The van der Waals surface area contributed by atoms with Gasteiger partial charge in [-0.15, -0.1) is 0 Å². The molecule has 2 fully saturated rings. The van der Waals surface area contributed by atoms with Crippen molar-refractivity contribution in [2.45, 2.75) is 77.3 Å². The standard InChI is InChI=1S/C15H28N2O/c1-3-17(12-8-5-4-6-9-12)14(18)15(2)11-7-10-13(15)16/h12-13H,3-11,16H2,1-2H3. The molecule has 0 aromatic heterocycles. The van der Waals surface area contributed by atoms with Crippen LogP contribution < -0.4 is 5.73 Å². The summed E-state index contributed by atoms with van der Waals surface area (Å²) in [7, 11) is 0. The summed E-state index contributed by atoms with van der Waals surface area (Å²) in [6.45, 7) is 5.03. The van der Waals surface area contributed by atoms with Crippen LogP contribution in [0.5, 0.6) is 0 Å². The van der Waals surface area contributed by atoms with Crippen LogP contribution in [0.2, 0.25) is 0 Å². The summed E-state index contributed by atoms with van der Waals surface area (Å²) in [6, 6.07) is 0.531. The van der Waals surface area contributed by atoms with Crippen LogP contribution in [0.4, 0.5) is 0 Å². The Hall–Kier alpha value is -0.570. The number of carbonyl (C=O) groups is 1. The molecule has 104 valence electrons. The molecular weight excluding hydrogens is 224 g/mol. The summed E-state index contributed by atoms with van der Waals surface area (Å²) in [5, 5.41) is 0. The molecule has 18 heavy (non-hydrogen) atoms. The van der Waals surface area contributed by atoms with Gasteiger partial charge in [0.25, 0.3) is 0 Å². The molecule has 0 aliphatic heterocycles. The van der Waals surface area contributed by atoms with Gasteiger partial charge in [0.05, 0.1) is 5.41 Å². The van der Waals surface area contributed by atoms with Crippen LogP contribution >= 0.6 is 0 Å². The molecule has 2 saturated carbocycles. The highest BCUT2D eigenvalue weighted by Crippen LogP contribution is 2.39. The first-order valence-electron chi connectivity index (χ1n) is 7.66. The zero-order valence-corrected chi connectivity index (χ0v) is 12.0. The highest BCUT2D eigenvalue weighted by Gasteiger charge is 2.45. The van der Waals surface area contributed by atoms with Crippen molar-refractivity contribution in [3.63, 3.8) is 0 Å². The van der Waals surface area contributed by atoms with Crippen molar-refractivity contribution < 1.29 is 4.79 Å². The van der Waals surface area contributed by atoms with Crippen LogP contribution in [0.3, 0.4) is 0 Å². The molecule has 0 radical (unpaired) electrons. The maximum absolute atomic E-state index is 12.9. The smallest absolute Gasteiger partial charge is 0.230 e. The van der Waals surface area contributed by atoms with E-state index in [0.717, 1.165) is 25.8 Å². The SMILES string of the molecule is CCN(C(=O)C1(C)CCCC1N)C1CCCCC1. The Bertz CT molecular complexity index is 299. The maximum atomic E-state index is 12.9. The zero-order chi connectivity index (χ0) is 13.2. The van der Waals surface area contributed by atoms with Crippen molar-refractivity contribution >= 4 is 5.91 Å². The Morgan fingerprint density at radius 1 is 1.22 bits per heavy atom. The minimum atomic E-state index is -0.298. The molecule has 1 amide bonds. The fraction of sp³-hybridized carbons (Fsp3) is 0.933. The van der Waals surface area contributed by atoms with Gasteiger partial charge in [0.2, 0.25) is 5.91 Å². The van der Waals surface area contributed by atoms with Crippen molar-refractivity contribution in [1.29, 1.82) is 0 Å². The summed E-state index contributed by atoms with van der Waals surface area (Å²) in [5.41, 5.74) is 5.89. The number of carbonyl (C=O) groups excluding carboxylic acids is 1. The second-order valence-corrected chi connectivity index (χ2v) is 6.30. The molecule has 2 aliphatic carbocycles. The number of hydrogen-bond acceptors (Lipinski definition) is 2. The number of rotatable bonds is 3. The maximum Gasteiger partial charge on any atom is 0.230 e. The van der Waals surface area contributed by atoms with E-state index in [0.29, 0.717) is 11.9 Å². The molecule has 0 bridgehead atoms. The Labute approximate surface area is 111 Å². The number of hydrogen-bond donors (Lipinski definition) is 1. The molecule has 0 spiro atoms. The van der Waals surface area contributed by atoms with Gasteiger partial charge in [-0.05, 0) is 39.5 Å². The molecule has 2 aliphatic rings. The summed E-state index contributed by atoms with van der Waals surface area (Å²) >= 11 is 0. The molecule has 0 aromatic carbocycles. The molecule has 0 saturated heterocycles. The fourth-order valence-corrected chi connectivity index (χ4v) is 3.75. The van der Waals surface area contributed by atoms with E-state index in [1.165, 1.54) is 32.1 Å². The Kier molecular flexibility index (Phi) is 4.31. The van der Waals surface area contributed by atoms with E-state index in [2.05, 4.69) is 18.7 Å². The van der Waals surface area contributed by atoms with Gasteiger partial charge in [-0.1, -0.05) is 25.7 Å². The normalized spacial score (nSPS) is 33.6. The lowest BCUT2D eigenvalue weighted by molar-refractivity contribution is -0.144. The van der Waals surface area contributed by atoms with Gasteiger partial charge in [0, 0.05) is 18.6 Å². The first-order chi connectivity index (χ1) is 8.59. The van der Waals surface area contributed by atoms with Gasteiger partial charge < -0.3 is 10.6 Å². The predicted octanol–water partition coefficient (Wildman–Crippen LogP) is 2.69. The van der Waals surface area contributed by atoms with E-state index < -0.39 is 0 Å². The van der Waals surface area contributed by atoms with Gasteiger partial charge >= 0.3 is 0 Å². The van der Waals surface area contributed by atoms with Crippen LogP contribution in [0.15, 0.2) is 0 Å². The van der Waals surface area contributed by atoms with Crippen LogP contribution in [0.25, 0.3) is 0 Å². The summed E-state index contributed by atoms with van der Waals surface area (Å²) < 4.78 is 0. The van der Waals surface area contributed by atoms with Crippen LogP contribution in [-0.2, 0) is 4.79 Å². The lowest BCUT2D eigenvalue weighted by atomic mass is 9.82. The number of amides is 1. The summed E-state index contributed by atoms with van der Waals surface area (Å²) in [6.07, 6.45) is 9.33. The topological polar surface area (TPSA) is 46.3 Å². The second-order valence-electron chi connectivity index (χ2n) is 6.30. The molecule has 3 nitrogen and oxygen atoms in total. The molecule has 2 atom stereocenters. The third kappa shape index (κ3) is 2.42. The van der Waals surface area contributed by atoms with Gasteiger partial charge in [-0.25, -0.2) is 0 Å². The Morgan fingerprint density at radius 2 is 1.89 bits per heavy atom. The van der Waals surface area contributed by atoms with E-state index in [-0.39, 0.29) is 11.5 Å². The molecular formula is C15H28N2O. The van der Waals surface area contributed by atoms with E-state index in [1.54, 1.807) is 0 Å². The monoisotopic (exact) mass is 252 g/mol. The molecule has 0 heterocycles. The Morgan fingerprint density at radius 3 is 2.39 bits per heavy atom. The van der Waals surface area contributed by atoms with Crippen LogP contribution in [0, 0.1) is 5.41 Å². The summed E-state index contributed by atoms with van der Waals surface area (Å²) in [4.78, 5) is 15.0. The van der Waals surface area contributed by atoms with Crippen molar-refractivity contribution in [3.8, 4) is 0 Å². The average Bonchev–Trinajstić information content (AvgIpc) is 2.73. The number of nitrogens with zero attached hydrogens (tertiary/aromatic N) is 1. The minimum absolute atomic E-state index is 0.0580. The molecule has 2 unspecified atom stereocenters. The quantitative estimate of drug-likeness (QED) is 0.839. The molecule has 2 N–H and O–H groups in total. The van der Waals surface area contributed by atoms with Crippen molar-refractivity contribution in [2.75, 3.05) is 6.54 Å². The highest BCUT2D eigenvalue weighted by molar-refractivity contribution is 5.83. The van der Waals surface area contributed by atoms with Gasteiger partial charge in [-0.3, -0.25) is 4.79 Å². The van der Waals surface area contributed by atoms with Gasteiger partial charge in [0.1, 0.15) is 0 Å². The highest BCUT2D eigenvalue weighted by atomic mass is 16.2. The van der Waals surface area contributed by atoms with Crippen molar-refractivity contribution in [1.82, 2.24) is 4.90 Å². The van der Waals surface area contributed by atoms with Gasteiger partial charge in [0.15, 0.2) is 0 Å². The molecule has 0 aromatic rings. The van der Waals surface area contributed by atoms with Crippen LogP contribution in [0.1, 0.15) is 65.2 Å². The van der Waals surface area contributed by atoms with Gasteiger partial charge in [-0.2, -0.15) is 0 Å². The molecule has 2 rings (SSSR count). The third-order valence-corrected chi connectivity index (χ3v) is 5.14. The zero-order valence-electron chi connectivity index (χ0n) is 12.0. The minimum Gasteiger partial charge on any atom is -0.339 e. The van der Waals surface area contributed by atoms with Crippen molar-refractivity contribution in [3.05, 3.63) is 0 Å². The Balaban J connectivity index is 2.09. The van der Waals surface area contributed by atoms with Crippen LogP contribution in [-0.4, -0.2) is 29.4 Å². The molecule has 3 heteroatoms. The first-order valence-corrected chi connectivity index (χ1v) is 7.66. The van der Waals surface area contributed by atoms with E-state index >= 15 is 0 Å². The predicted molar refractivity (Wildman–Crippen MR) is 74.2 cm³/mol. The third-order valence-electron chi connectivity index (χ3n) is 5.14. The van der Waals surface area contributed by atoms with E-state index in [9.17, 15) is 4.79 Å².